The fraction of sp³-hybridized carbons (Fsp3) is 0.344. The minimum Gasteiger partial charge on any atom is -0.360 e. The van der Waals surface area contributed by atoms with Crippen LogP contribution in [0.4, 0.5) is 22.7 Å². The molecule has 70 heavy (non-hydrogen) atoms. The number of nitrogens with zero attached hydrogens (tertiary/aromatic N) is 4. The van der Waals surface area contributed by atoms with Crippen LogP contribution in [0.3, 0.4) is 0 Å². The lowest BCUT2D eigenvalue weighted by Crippen LogP contribution is -2.54. The monoisotopic (exact) mass is 917 g/mol. The van der Waals surface area contributed by atoms with Crippen LogP contribution in [0, 0.1) is 0 Å². The second-order valence-corrected chi connectivity index (χ2v) is 26.0. The summed E-state index contributed by atoms with van der Waals surface area (Å²) in [7, 11) is 0. The van der Waals surface area contributed by atoms with Crippen LogP contribution < -0.4 is 20.5 Å². The highest BCUT2D eigenvalue weighted by Gasteiger charge is 2.48. The molecular formula is C64H70B2N4. The average molecular weight is 917 g/mol. The summed E-state index contributed by atoms with van der Waals surface area (Å²) in [4.78, 5) is 5.35. The highest BCUT2D eigenvalue weighted by atomic mass is 15.2. The van der Waals surface area contributed by atoms with Crippen LogP contribution in [0.25, 0.3) is 54.7 Å². The Morgan fingerprint density at radius 2 is 0.843 bits per heavy atom. The van der Waals surface area contributed by atoms with Gasteiger partial charge in [0.15, 0.2) is 0 Å². The van der Waals surface area contributed by atoms with Crippen molar-refractivity contribution in [3.8, 4) is 11.1 Å². The van der Waals surface area contributed by atoms with E-state index in [0.29, 0.717) is 11.8 Å². The maximum atomic E-state index is 2.69. The Bertz CT molecular complexity index is 3670. The summed E-state index contributed by atoms with van der Waals surface area (Å²) < 4.78 is 5.38. The maximum absolute atomic E-state index is 2.69. The minimum atomic E-state index is -0.124. The third-order valence-corrected chi connectivity index (χ3v) is 16.4. The summed E-state index contributed by atoms with van der Waals surface area (Å²) in [6.45, 7) is 37.3. The van der Waals surface area contributed by atoms with Crippen molar-refractivity contribution in [1.29, 1.82) is 0 Å². The van der Waals surface area contributed by atoms with Crippen LogP contribution in [0.2, 0.25) is 0 Å². The predicted octanol–water partition coefficient (Wildman–Crippen LogP) is 16.1. The lowest BCUT2D eigenvalue weighted by Gasteiger charge is -2.36. The number of aromatic nitrogens is 2. The lowest BCUT2D eigenvalue weighted by atomic mass is 9.57. The molecule has 0 saturated heterocycles. The van der Waals surface area contributed by atoms with E-state index in [-0.39, 0.29) is 35.6 Å². The van der Waals surface area contributed by atoms with E-state index in [9.17, 15) is 0 Å². The molecule has 5 heterocycles. The van der Waals surface area contributed by atoms with Crippen molar-refractivity contribution in [2.45, 2.75) is 144 Å². The number of fused-ring (bicyclic) bond motifs is 14. The summed E-state index contributed by atoms with van der Waals surface area (Å²) in [6.07, 6.45) is 0. The summed E-state index contributed by atoms with van der Waals surface area (Å²) >= 11 is 0. The second-order valence-electron chi connectivity index (χ2n) is 26.0. The first kappa shape index (κ1) is 45.0. The second kappa shape index (κ2) is 14.7. The van der Waals surface area contributed by atoms with Crippen LogP contribution in [0.15, 0.2) is 121 Å². The zero-order valence-electron chi connectivity index (χ0n) is 44.6. The van der Waals surface area contributed by atoms with Gasteiger partial charge in [-0.05, 0) is 156 Å². The van der Waals surface area contributed by atoms with E-state index in [4.69, 9.17) is 0 Å². The fourth-order valence-corrected chi connectivity index (χ4v) is 12.2. The first-order valence-corrected chi connectivity index (χ1v) is 26.1. The number of hydrogen-bond acceptors (Lipinski definition) is 2. The highest BCUT2D eigenvalue weighted by molar-refractivity contribution is 6.84. The van der Waals surface area contributed by atoms with Gasteiger partial charge in [0, 0.05) is 49.5 Å². The van der Waals surface area contributed by atoms with Crippen molar-refractivity contribution in [3.63, 3.8) is 0 Å². The Labute approximate surface area is 417 Å². The van der Waals surface area contributed by atoms with E-state index in [1.165, 1.54) is 122 Å². The van der Waals surface area contributed by atoms with Gasteiger partial charge in [-0.1, -0.05) is 159 Å². The quantitative estimate of drug-likeness (QED) is 0.164. The predicted molar refractivity (Wildman–Crippen MR) is 306 cm³/mol. The van der Waals surface area contributed by atoms with Crippen molar-refractivity contribution in [2.24, 2.45) is 0 Å². The van der Waals surface area contributed by atoms with Crippen LogP contribution >= 0.6 is 0 Å². The van der Waals surface area contributed by atoms with Crippen LogP contribution in [0.5, 0.6) is 0 Å². The highest BCUT2D eigenvalue weighted by Crippen LogP contribution is 2.52. The average Bonchev–Trinajstić information content (AvgIpc) is 4.03. The third kappa shape index (κ3) is 6.49. The fourth-order valence-electron chi connectivity index (χ4n) is 12.2. The molecule has 0 bridgehead atoms. The third-order valence-electron chi connectivity index (χ3n) is 16.4. The Morgan fingerprint density at radius 1 is 0.371 bits per heavy atom. The van der Waals surface area contributed by atoms with E-state index in [0.717, 1.165) is 0 Å². The van der Waals surface area contributed by atoms with E-state index >= 15 is 0 Å². The van der Waals surface area contributed by atoms with Crippen molar-refractivity contribution < 1.29 is 0 Å². The van der Waals surface area contributed by atoms with Gasteiger partial charge in [-0.2, -0.15) is 0 Å². The summed E-state index contributed by atoms with van der Waals surface area (Å²) in [6, 6.07) is 49.0. The number of hydrogen-bond donors (Lipinski definition) is 0. The molecule has 0 amide bonds. The first-order chi connectivity index (χ1) is 32.9. The Morgan fingerprint density at radius 3 is 1.34 bits per heavy atom. The maximum Gasteiger partial charge on any atom is 0.421 e. The largest absolute Gasteiger partial charge is 0.421 e. The standard InChI is InChI=1S/C64H70B2N4/c1-37(2)39-17-23-46(24-18-39)67-57-34-43(63(11,12)13)32-51-49-30-41(61(5,6)7)20-27-55(49)69(59(51)57)65(67)45-22-25-53-47(36-45)48-29-40(38(3)4)19-26-54(48)68-58-35-44(64(14,15)16)33-52-50-31-42(62(8,9)10)21-28-56(50)70(60(52)58)66(53)68/h17-38H,1-16H3. The molecule has 352 valence electrons. The van der Waals surface area contributed by atoms with E-state index in [2.05, 4.69) is 251 Å². The first-order valence-electron chi connectivity index (χ1n) is 26.1. The molecule has 7 aromatic carbocycles. The Kier molecular flexibility index (Phi) is 9.47. The molecule has 2 aromatic heterocycles. The molecule has 9 aromatic rings. The van der Waals surface area contributed by atoms with E-state index in [1.807, 2.05) is 0 Å². The molecule has 0 atom stereocenters. The van der Waals surface area contributed by atoms with Gasteiger partial charge in [-0.25, -0.2) is 0 Å². The van der Waals surface area contributed by atoms with Gasteiger partial charge < -0.3 is 18.6 Å². The van der Waals surface area contributed by atoms with Gasteiger partial charge in [0.25, 0.3) is 0 Å². The van der Waals surface area contributed by atoms with Crippen molar-refractivity contribution in [3.05, 3.63) is 155 Å². The number of rotatable bonds is 4. The van der Waals surface area contributed by atoms with Crippen LogP contribution in [-0.4, -0.2) is 22.9 Å². The molecule has 0 radical (unpaired) electrons. The molecule has 12 rings (SSSR count). The Hall–Kier alpha value is -6.13. The van der Waals surface area contributed by atoms with Gasteiger partial charge in [-0.3, -0.25) is 0 Å². The molecule has 0 fully saturated rings. The molecule has 0 N–H and O–H groups in total. The molecule has 0 unspecified atom stereocenters. The van der Waals surface area contributed by atoms with Crippen molar-refractivity contribution in [1.82, 2.24) is 8.96 Å². The lowest BCUT2D eigenvalue weighted by molar-refractivity contribution is 0.590. The molecule has 3 aliphatic rings. The van der Waals surface area contributed by atoms with Gasteiger partial charge in [0.1, 0.15) is 0 Å². The SMILES string of the molecule is CC(C)c1ccc(N2B(c3ccc4c(c3)-c3cc(C(C)C)ccc3N3B4n4c5ccc(C(C)(C)C)cc5c5cc(C(C)(C)C)cc3c54)n3c4ccc(C(C)(C)C)cc4c4cc(C(C)(C)C)cc2c43)cc1. The van der Waals surface area contributed by atoms with Gasteiger partial charge in [-0.15, -0.1) is 0 Å². The summed E-state index contributed by atoms with van der Waals surface area (Å²) in [5.74, 6) is 0.841. The molecule has 4 nitrogen and oxygen atoms in total. The summed E-state index contributed by atoms with van der Waals surface area (Å²) in [5, 5.41) is 5.38. The number of anilines is 4. The summed E-state index contributed by atoms with van der Waals surface area (Å²) in [5.41, 5.74) is 23.8. The smallest absolute Gasteiger partial charge is 0.360 e. The van der Waals surface area contributed by atoms with E-state index < -0.39 is 0 Å². The van der Waals surface area contributed by atoms with Gasteiger partial charge >= 0.3 is 14.0 Å². The molecule has 6 heteroatoms. The molecule has 0 aliphatic carbocycles. The molecular weight excluding hydrogens is 846 g/mol. The zero-order chi connectivity index (χ0) is 49.5. The number of benzene rings is 7. The van der Waals surface area contributed by atoms with Crippen molar-refractivity contribution in [2.75, 3.05) is 9.62 Å². The topological polar surface area (TPSA) is 16.3 Å². The van der Waals surface area contributed by atoms with Crippen LogP contribution in [-0.2, 0) is 21.7 Å². The van der Waals surface area contributed by atoms with Gasteiger partial charge in [0.2, 0.25) is 0 Å². The molecule has 3 aliphatic heterocycles. The van der Waals surface area contributed by atoms with Crippen molar-refractivity contribution >= 4 is 91.3 Å². The minimum absolute atomic E-state index is 0.0229. The van der Waals surface area contributed by atoms with Gasteiger partial charge in [0.05, 0.1) is 22.4 Å². The van der Waals surface area contributed by atoms with Crippen LogP contribution in [0.1, 0.15) is 156 Å². The van der Waals surface area contributed by atoms with E-state index in [1.54, 1.807) is 0 Å². The zero-order valence-corrected chi connectivity index (χ0v) is 44.6. The normalized spacial score (nSPS) is 14.7. The Balaban J connectivity index is 1.15. The molecule has 0 saturated carbocycles. The molecule has 0 spiro atoms.